The lowest BCUT2D eigenvalue weighted by Gasteiger charge is -2.51. The van der Waals surface area contributed by atoms with E-state index in [0.717, 1.165) is 6.42 Å². The summed E-state index contributed by atoms with van der Waals surface area (Å²) in [6, 6.07) is -0.137. The Kier molecular flexibility index (Phi) is 5.39. The Bertz CT molecular complexity index is 370. The van der Waals surface area contributed by atoms with Crippen LogP contribution in [0, 0.1) is 11.3 Å². The molecule has 1 saturated carbocycles. The van der Waals surface area contributed by atoms with Crippen LogP contribution in [0.1, 0.15) is 34.1 Å². The number of urea groups is 1. The van der Waals surface area contributed by atoms with E-state index in [-0.39, 0.29) is 30.1 Å². The summed E-state index contributed by atoms with van der Waals surface area (Å²) in [5, 5.41) is 11.9. The van der Waals surface area contributed by atoms with Gasteiger partial charge in [-0.05, 0) is 13.3 Å². The number of carboxylic acids is 1. The molecule has 2 amide bonds. The van der Waals surface area contributed by atoms with Crippen molar-refractivity contribution in [1.82, 2.24) is 10.2 Å². The molecule has 0 aromatic heterocycles. The second-order valence-electron chi connectivity index (χ2n) is 6.06. The zero-order chi connectivity index (χ0) is 15.5. The first kappa shape index (κ1) is 16.8. The van der Waals surface area contributed by atoms with Crippen molar-refractivity contribution in [2.75, 3.05) is 20.2 Å². The van der Waals surface area contributed by atoms with Crippen molar-refractivity contribution in [1.29, 1.82) is 0 Å². The van der Waals surface area contributed by atoms with Crippen LogP contribution in [0.15, 0.2) is 0 Å². The zero-order valence-corrected chi connectivity index (χ0v) is 13.0. The summed E-state index contributed by atoms with van der Waals surface area (Å²) in [5.74, 6) is -1.46. The van der Waals surface area contributed by atoms with Crippen LogP contribution in [0.4, 0.5) is 4.79 Å². The summed E-state index contributed by atoms with van der Waals surface area (Å²) < 4.78 is 5.35. The number of carbonyl (C=O) groups excluding carboxylic acids is 1. The molecule has 0 aromatic carbocycles. The van der Waals surface area contributed by atoms with Gasteiger partial charge in [0.25, 0.3) is 0 Å². The summed E-state index contributed by atoms with van der Waals surface area (Å²) >= 11 is 0. The van der Waals surface area contributed by atoms with Gasteiger partial charge in [-0.2, -0.15) is 0 Å². The third kappa shape index (κ3) is 3.42. The molecular weight excluding hydrogens is 260 g/mol. The Morgan fingerprint density at radius 1 is 1.50 bits per heavy atom. The van der Waals surface area contributed by atoms with Gasteiger partial charge in [0.2, 0.25) is 0 Å². The van der Waals surface area contributed by atoms with Gasteiger partial charge in [0.05, 0.1) is 12.0 Å². The summed E-state index contributed by atoms with van der Waals surface area (Å²) in [6.45, 7) is 8.28. The van der Waals surface area contributed by atoms with E-state index in [9.17, 15) is 9.59 Å². The van der Waals surface area contributed by atoms with E-state index in [1.54, 1.807) is 14.0 Å². The van der Waals surface area contributed by atoms with Gasteiger partial charge in [-0.1, -0.05) is 20.8 Å². The van der Waals surface area contributed by atoms with Gasteiger partial charge in [0.15, 0.2) is 0 Å². The molecule has 0 aliphatic heterocycles. The number of rotatable bonds is 6. The fourth-order valence-electron chi connectivity index (χ4n) is 2.53. The Morgan fingerprint density at radius 2 is 2.10 bits per heavy atom. The molecule has 0 spiro atoms. The van der Waals surface area contributed by atoms with E-state index in [1.165, 1.54) is 4.90 Å². The van der Waals surface area contributed by atoms with E-state index >= 15 is 0 Å². The van der Waals surface area contributed by atoms with Crippen LogP contribution in [-0.2, 0) is 9.53 Å². The number of hydrogen-bond donors (Lipinski definition) is 2. The van der Waals surface area contributed by atoms with Crippen LogP contribution in [0.25, 0.3) is 0 Å². The number of carbonyl (C=O) groups is 2. The van der Waals surface area contributed by atoms with Crippen LogP contribution in [0.3, 0.4) is 0 Å². The van der Waals surface area contributed by atoms with Crippen LogP contribution >= 0.6 is 0 Å². The Morgan fingerprint density at radius 3 is 2.50 bits per heavy atom. The van der Waals surface area contributed by atoms with Crippen LogP contribution < -0.4 is 5.32 Å². The lowest BCUT2D eigenvalue weighted by molar-refractivity contribution is -0.141. The van der Waals surface area contributed by atoms with E-state index in [4.69, 9.17) is 9.84 Å². The minimum absolute atomic E-state index is 0.0640. The standard InChI is InChI=1S/C14H26N2O4/c1-6-16(8-9(2)12(17)18)13(19)15-10-7-11(20-5)14(10,3)4/h9-11H,6-8H2,1-5H3,(H,15,19)(H,17,18). The molecule has 0 radical (unpaired) electrons. The lowest BCUT2D eigenvalue weighted by Crippen LogP contribution is -2.63. The van der Waals surface area contributed by atoms with E-state index < -0.39 is 11.9 Å². The molecule has 1 aliphatic carbocycles. The summed E-state index contributed by atoms with van der Waals surface area (Å²) in [4.78, 5) is 24.6. The molecule has 0 saturated heterocycles. The molecule has 6 heteroatoms. The summed E-state index contributed by atoms with van der Waals surface area (Å²) in [6.07, 6.45) is 0.946. The van der Waals surface area contributed by atoms with Gasteiger partial charge in [-0.15, -0.1) is 0 Å². The van der Waals surface area contributed by atoms with Crippen molar-refractivity contribution in [2.24, 2.45) is 11.3 Å². The number of methoxy groups -OCH3 is 1. The van der Waals surface area contributed by atoms with Crippen molar-refractivity contribution in [2.45, 2.75) is 46.3 Å². The number of ether oxygens (including phenoxy) is 1. The predicted octanol–water partition coefficient (Wildman–Crippen LogP) is 1.55. The summed E-state index contributed by atoms with van der Waals surface area (Å²) in [5.41, 5.74) is -0.0950. The fraction of sp³-hybridized carbons (Fsp3) is 0.857. The molecule has 0 aromatic rings. The molecule has 1 rings (SSSR count). The lowest BCUT2D eigenvalue weighted by atomic mass is 9.64. The van der Waals surface area contributed by atoms with Gasteiger partial charge >= 0.3 is 12.0 Å². The highest BCUT2D eigenvalue weighted by Gasteiger charge is 2.49. The molecule has 2 N–H and O–H groups in total. The highest BCUT2D eigenvalue weighted by atomic mass is 16.5. The molecule has 1 fully saturated rings. The SMILES string of the molecule is CCN(CC(C)C(=O)O)C(=O)NC1CC(OC)C1(C)C. The molecular formula is C14H26N2O4. The number of nitrogens with one attached hydrogen (secondary N) is 1. The molecule has 3 unspecified atom stereocenters. The topological polar surface area (TPSA) is 78.9 Å². The molecule has 20 heavy (non-hydrogen) atoms. The van der Waals surface area contributed by atoms with Crippen molar-refractivity contribution in [3.8, 4) is 0 Å². The van der Waals surface area contributed by atoms with Crippen molar-refractivity contribution < 1.29 is 19.4 Å². The Hall–Kier alpha value is -1.30. The zero-order valence-electron chi connectivity index (χ0n) is 13.0. The van der Waals surface area contributed by atoms with Crippen LogP contribution in [-0.4, -0.2) is 54.4 Å². The molecule has 116 valence electrons. The summed E-state index contributed by atoms with van der Waals surface area (Å²) in [7, 11) is 1.68. The van der Waals surface area contributed by atoms with E-state index in [0.29, 0.717) is 6.54 Å². The molecule has 3 atom stereocenters. The van der Waals surface area contributed by atoms with E-state index in [2.05, 4.69) is 19.2 Å². The van der Waals surface area contributed by atoms with Gasteiger partial charge in [0.1, 0.15) is 0 Å². The predicted molar refractivity (Wildman–Crippen MR) is 75.6 cm³/mol. The minimum Gasteiger partial charge on any atom is -0.481 e. The smallest absolute Gasteiger partial charge is 0.317 e. The Labute approximate surface area is 120 Å². The number of nitrogens with zero attached hydrogens (tertiary/aromatic N) is 1. The normalized spacial score (nSPS) is 25.4. The van der Waals surface area contributed by atoms with Gasteiger partial charge in [-0.25, -0.2) is 4.79 Å². The van der Waals surface area contributed by atoms with Gasteiger partial charge in [-0.3, -0.25) is 4.79 Å². The first-order valence-corrected chi connectivity index (χ1v) is 7.05. The molecule has 6 nitrogen and oxygen atoms in total. The number of carboxylic acid groups (broad SMARTS) is 1. The molecule has 0 bridgehead atoms. The second-order valence-corrected chi connectivity index (χ2v) is 6.06. The first-order chi connectivity index (χ1) is 9.23. The Balaban J connectivity index is 2.55. The fourth-order valence-corrected chi connectivity index (χ4v) is 2.53. The number of aliphatic carboxylic acids is 1. The third-order valence-electron chi connectivity index (χ3n) is 4.34. The van der Waals surface area contributed by atoms with Crippen molar-refractivity contribution >= 4 is 12.0 Å². The van der Waals surface area contributed by atoms with Crippen molar-refractivity contribution in [3.05, 3.63) is 0 Å². The largest absolute Gasteiger partial charge is 0.481 e. The van der Waals surface area contributed by atoms with Gasteiger partial charge in [0, 0.05) is 31.7 Å². The second kappa shape index (κ2) is 6.43. The highest BCUT2D eigenvalue weighted by molar-refractivity contribution is 5.76. The third-order valence-corrected chi connectivity index (χ3v) is 4.34. The average Bonchev–Trinajstić information content (AvgIpc) is 2.39. The quantitative estimate of drug-likeness (QED) is 0.776. The van der Waals surface area contributed by atoms with E-state index in [1.807, 2.05) is 6.92 Å². The maximum atomic E-state index is 12.2. The van der Waals surface area contributed by atoms with Crippen LogP contribution in [0.5, 0.6) is 0 Å². The number of hydrogen-bond acceptors (Lipinski definition) is 3. The highest BCUT2D eigenvalue weighted by Crippen LogP contribution is 2.42. The number of amides is 2. The molecule has 1 aliphatic rings. The van der Waals surface area contributed by atoms with Crippen LogP contribution in [0.2, 0.25) is 0 Å². The van der Waals surface area contributed by atoms with Crippen molar-refractivity contribution in [3.63, 3.8) is 0 Å². The minimum atomic E-state index is -0.889. The maximum Gasteiger partial charge on any atom is 0.317 e. The monoisotopic (exact) mass is 286 g/mol. The average molecular weight is 286 g/mol. The first-order valence-electron chi connectivity index (χ1n) is 7.05. The van der Waals surface area contributed by atoms with Gasteiger partial charge < -0.3 is 20.1 Å². The maximum absolute atomic E-state index is 12.2. The molecule has 0 heterocycles.